The maximum Gasteiger partial charge on any atom is 0.251 e. The van der Waals surface area contributed by atoms with Gasteiger partial charge in [0.15, 0.2) is 0 Å². The number of rotatable bonds is 7. The Bertz CT molecular complexity index is 668. The fraction of sp³-hybridized carbons (Fsp3) is 0.588. The van der Waals surface area contributed by atoms with Crippen LogP contribution < -0.4 is 10.0 Å². The number of carbonyl (C=O) groups is 1. The summed E-state index contributed by atoms with van der Waals surface area (Å²) in [5.74, 6) is 0.203. The van der Waals surface area contributed by atoms with Gasteiger partial charge in [0.05, 0.1) is 18.1 Å². The minimum absolute atomic E-state index is 0.139. The van der Waals surface area contributed by atoms with Gasteiger partial charge in [-0.25, -0.2) is 13.1 Å². The van der Waals surface area contributed by atoms with Gasteiger partial charge in [0, 0.05) is 31.2 Å². The molecule has 8 heteroatoms. The summed E-state index contributed by atoms with van der Waals surface area (Å²) in [6.45, 7) is 8.02. The molecule has 7 nitrogen and oxygen atoms in total. The highest BCUT2D eigenvalue weighted by Gasteiger charge is 2.24. The highest BCUT2D eigenvalue weighted by atomic mass is 32.2. The van der Waals surface area contributed by atoms with Gasteiger partial charge < -0.3 is 10.1 Å². The first-order chi connectivity index (χ1) is 11.8. The molecule has 1 aromatic rings. The van der Waals surface area contributed by atoms with Gasteiger partial charge in [0.2, 0.25) is 10.0 Å². The number of nitrogens with zero attached hydrogens (tertiary/aromatic N) is 1. The summed E-state index contributed by atoms with van der Waals surface area (Å²) in [5, 5.41) is 2.96. The summed E-state index contributed by atoms with van der Waals surface area (Å²) in [6, 6.07) is 6.17. The third-order valence-electron chi connectivity index (χ3n) is 4.45. The average Bonchev–Trinajstić information content (AvgIpc) is 2.62. The van der Waals surface area contributed by atoms with Crippen molar-refractivity contribution < 1.29 is 17.9 Å². The number of carbonyl (C=O) groups excluding carboxylic acids is 1. The van der Waals surface area contributed by atoms with E-state index in [0.717, 1.165) is 26.3 Å². The number of hydrogen-bond donors (Lipinski definition) is 2. The monoisotopic (exact) mass is 369 g/mol. The van der Waals surface area contributed by atoms with Crippen molar-refractivity contribution in [1.29, 1.82) is 0 Å². The van der Waals surface area contributed by atoms with E-state index >= 15 is 0 Å². The molecule has 2 rings (SSSR count). The number of sulfonamides is 1. The van der Waals surface area contributed by atoms with Gasteiger partial charge in [0.1, 0.15) is 0 Å². The normalized spacial score (nSPS) is 17.4. The largest absolute Gasteiger partial charge is 0.379 e. The zero-order valence-electron chi connectivity index (χ0n) is 15.0. The lowest BCUT2D eigenvalue weighted by molar-refractivity contribution is 0.00672. The van der Waals surface area contributed by atoms with Crippen molar-refractivity contribution in [3.8, 4) is 0 Å². The van der Waals surface area contributed by atoms with Crippen molar-refractivity contribution in [2.75, 3.05) is 39.9 Å². The van der Waals surface area contributed by atoms with Crippen molar-refractivity contribution in [1.82, 2.24) is 14.9 Å². The van der Waals surface area contributed by atoms with Gasteiger partial charge in [-0.15, -0.1) is 0 Å². The molecule has 0 aromatic heterocycles. The molecule has 1 aliphatic rings. The Morgan fingerprint density at radius 1 is 1.20 bits per heavy atom. The van der Waals surface area contributed by atoms with Crippen LogP contribution >= 0.6 is 0 Å². The first kappa shape index (κ1) is 19.8. The van der Waals surface area contributed by atoms with Crippen molar-refractivity contribution in [3.63, 3.8) is 0 Å². The Morgan fingerprint density at radius 3 is 2.32 bits per heavy atom. The summed E-state index contributed by atoms with van der Waals surface area (Å²) in [4.78, 5) is 14.8. The molecule has 1 aromatic carbocycles. The molecule has 0 aliphatic carbocycles. The lowest BCUT2D eigenvalue weighted by atomic mass is 10.0. The third-order valence-corrected chi connectivity index (χ3v) is 5.88. The second-order valence-corrected chi connectivity index (χ2v) is 8.29. The second kappa shape index (κ2) is 8.75. The van der Waals surface area contributed by atoms with Crippen molar-refractivity contribution >= 4 is 15.9 Å². The molecule has 0 radical (unpaired) electrons. The predicted octanol–water partition coefficient (Wildman–Crippen LogP) is 0.681. The third kappa shape index (κ3) is 5.24. The number of nitrogens with one attached hydrogen (secondary N) is 2. The SMILES string of the molecule is CNS(=O)(=O)c1ccc(C(=O)NCC(C(C)C)N2CCOCC2)cc1. The maximum atomic E-state index is 12.4. The van der Waals surface area contributed by atoms with Crippen LogP contribution in [0.15, 0.2) is 29.2 Å². The van der Waals surface area contributed by atoms with Crippen LogP contribution in [0.3, 0.4) is 0 Å². The fourth-order valence-electron chi connectivity index (χ4n) is 2.90. The Hall–Kier alpha value is -1.48. The smallest absolute Gasteiger partial charge is 0.251 e. The molecule has 1 heterocycles. The molecule has 140 valence electrons. The van der Waals surface area contributed by atoms with Crippen LogP contribution in [0.2, 0.25) is 0 Å². The predicted molar refractivity (Wildman–Crippen MR) is 96.0 cm³/mol. The second-order valence-electron chi connectivity index (χ2n) is 6.40. The standard InChI is InChI=1S/C17H27N3O4S/c1-13(2)16(20-8-10-24-11-9-20)12-19-17(21)14-4-6-15(7-5-14)25(22,23)18-3/h4-7,13,16,18H,8-12H2,1-3H3,(H,19,21). The molecule has 1 atom stereocenters. The highest BCUT2D eigenvalue weighted by molar-refractivity contribution is 7.89. The number of amides is 1. The fourth-order valence-corrected chi connectivity index (χ4v) is 3.63. The molecule has 1 amide bonds. The Labute approximate surface area is 149 Å². The minimum atomic E-state index is -3.49. The van der Waals surface area contributed by atoms with Crippen LogP contribution in [0.5, 0.6) is 0 Å². The van der Waals surface area contributed by atoms with Crippen molar-refractivity contribution in [2.24, 2.45) is 5.92 Å². The lowest BCUT2D eigenvalue weighted by Crippen LogP contribution is -2.51. The van der Waals surface area contributed by atoms with E-state index in [0.29, 0.717) is 18.0 Å². The van der Waals surface area contributed by atoms with E-state index in [1.165, 1.54) is 31.3 Å². The Morgan fingerprint density at radius 2 is 1.80 bits per heavy atom. The van der Waals surface area contributed by atoms with Crippen LogP contribution in [0, 0.1) is 5.92 Å². The number of morpholine rings is 1. The van der Waals surface area contributed by atoms with Gasteiger partial charge in [-0.05, 0) is 37.2 Å². The number of hydrogen-bond acceptors (Lipinski definition) is 5. The first-order valence-corrected chi connectivity index (χ1v) is 9.97. The van der Waals surface area contributed by atoms with E-state index in [-0.39, 0.29) is 16.8 Å². The molecule has 25 heavy (non-hydrogen) atoms. The van der Waals surface area contributed by atoms with E-state index in [4.69, 9.17) is 4.74 Å². The molecular weight excluding hydrogens is 342 g/mol. The summed E-state index contributed by atoms with van der Waals surface area (Å²) in [7, 11) is -2.14. The van der Waals surface area contributed by atoms with E-state index in [9.17, 15) is 13.2 Å². The molecular formula is C17H27N3O4S. The topological polar surface area (TPSA) is 87.7 Å². The van der Waals surface area contributed by atoms with Gasteiger partial charge in [-0.1, -0.05) is 13.8 Å². The van der Waals surface area contributed by atoms with E-state index < -0.39 is 10.0 Å². The Balaban J connectivity index is 1.98. The van der Waals surface area contributed by atoms with E-state index in [2.05, 4.69) is 28.8 Å². The van der Waals surface area contributed by atoms with Gasteiger partial charge in [-0.2, -0.15) is 0 Å². The maximum absolute atomic E-state index is 12.4. The highest BCUT2D eigenvalue weighted by Crippen LogP contribution is 2.13. The molecule has 0 spiro atoms. The lowest BCUT2D eigenvalue weighted by Gasteiger charge is -2.36. The zero-order valence-corrected chi connectivity index (χ0v) is 15.8. The molecule has 1 unspecified atom stereocenters. The van der Waals surface area contributed by atoms with Crippen molar-refractivity contribution in [2.45, 2.75) is 24.8 Å². The quantitative estimate of drug-likeness (QED) is 0.738. The van der Waals surface area contributed by atoms with Crippen LogP contribution in [0.1, 0.15) is 24.2 Å². The van der Waals surface area contributed by atoms with Gasteiger partial charge in [-0.3, -0.25) is 9.69 Å². The van der Waals surface area contributed by atoms with E-state index in [1.807, 2.05) is 0 Å². The van der Waals surface area contributed by atoms with Crippen LogP contribution in [0.25, 0.3) is 0 Å². The van der Waals surface area contributed by atoms with E-state index in [1.54, 1.807) is 0 Å². The van der Waals surface area contributed by atoms with Gasteiger partial charge >= 0.3 is 0 Å². The molecule has 1 saturated heterocycles. The molecule has 1 aliphatic heterocycles. The Kier molecular flexibility index (Phi) is 6.95. The number of ether oxygens (including phenoxy) is 1. The summed E-state index contributed by atoms with van der Waals surface area (Å²) < 4.78 is 31.1. The zero-order chi connectivity index (χ0) is 18.4. The van der Waals surface area contributed by atoms with Crippen molar-refractivity contribution in [3.05, 3.63) is 29.8 Å². The summed E-state index contributed by atoms with van der Waals surface area (Å²) >= 11 is 0. The van der Waals surface area contributed by atoms with Gasteiger partial charge in [0.25, 0.3) is 5.91 Å². The van der Waals surface area contributed by atoms with Crippen LogP contribution in [0.4, 0.5) is 0 Å². The van der Waals surface area contributed by atoms with Crippen LogP contribution in [-0.4, -0.2) is 65.2 Å². The molecule has 1 fully saturated rings. The molecule has 0 saturated carbocycles. The molecule has 0 bridgehead atoms. The number of benzene rings is 1. The minimum Gasteiger partial charge on any atom is -0.379 e. The summed E-state index contributed by atoms with van der Waals surface area (Å²) in [6.07, 6.45) is 0. The first-order valence-electron chi connectivity index (χ1n) is 8.48. The average molecular weight is 369 g/mol. The molecule has 2 N–H and O–H groups in total. The van der Waals surface area contributed by atoms with Crippen LogP contribution in [-0.2, 0) is 14.8 Å². The summed E-state index contributed by atoms with van der Waals surface area (Å²) in [5.41, 5.74) is 0.444.